The predicted molar refractivity (Wildman–Crippen MR) is 149 cm³/mol. The molecule has 3 aliphatic rings. The van der Waals surface area contributed by atoms with Crippen LogP contribution >= 0.6 is 0 Å². The Morgan fingerprint density at radius 2 is 1.53 bits per heavy atom. The summed E-state index contributed by atoms with van der Waals surface area (Å²) in [5.74, 6) is -7.75. The highest BCUT2D eigenvalue weighted by molar-refractivity contribution is 5.77. The van der Waals surface area contributed by atoms with E-state index in [1.54, 1.807) is 0 Å². The lowest BCUT2D eigenvalue weighted by Gasteiger charge is -2.51. The average molecular weight is 718 g/mol. The van der Waals surface area contributed by atoms with Crippen molar-refractivity contribution in [3.05, 3.63) is 0 Å². The molecule has 282 valence electrons. The van der Waals surface area contributed by atoms with Gasteiger partial charge < -0.3 is 89.5 Å². The van der Waals surface area contributed by atoms with Crippen molar-refractivity contribution in [1.29, 1.82) is 0 Å². The number of aliphatic carboxylic acids is 1. The summed E-state index contributed by atoms with van der Waals surface area (Å²) in [6.07, 6.45) is -28.3. The number of aliphatic hydroxyl groups is 9. The first kappa shape index (κ1) is 40.7. The van der Waals surface area contributed by atoms with Crippen molar-refractivity contribution in [2.75, 3.05) is 19.8 Å². The van der Waals surface area contributed by atoms with E-state index in [-0.39, 0.29) is 0 Å². The zero-order valence-electron chi connectivity index (χ0n) is 26.5. The van der Waals surface area contributed by atoms with Gasteiger partial charge in [0.05, 0.1) is 25.7 Å². The fourth-order valence-electron chi connectivity index (χ4n) is 5.66. The first-order chi connectivity index (χ1) is 22.9. The third-order valence-electron chi connectivity index (χ3n) is 8.03. The van der Waals surface area contributed by atoms with E-state index in [0.29, 0.717) is 0 Å². The zero-order chi connectivity index (χ0) is 37.0. The number of carbonyl (C=O) groups is 4. The maximum atomic E-state index is 12.9. The minimum Gasteiger partial charge on any atom is -0.477 e. The number of hydrogen-bond acceptors (Lipinski definition) is 20. The van der Waals surface area contributed by atoms with Crippen molar-refractivity contribution in [2.45, 2.75) is 125 Å². The van der Waals surface area contributed by atoms with Crippen LogP contribution in [0.1, 0.15) is 27.2 Å². The van der Waals surface area contributed by atoms with Crippen molar-refractivity contribution in [2.24, 2.45) is 0 Å². The van der Waals surface area contributed by atoms with Crippen molar-refractivity contribution >= 4 is 23.8 Å². The maximum Gasteiger partial charge on any atom is 0.364 e. The Kier molecular flexibility index (Phi) is 14.2. The number of carboxylic acid groups (broad SMARTS) is 1. The first-order valence-electron chi connectivity index (χ1n) is 15.0. The highest BCUT2D eigenvalue weighted by atomic mass is 16.8. The Morgan fingerprint density at radius 3 is 2.06 bits per heavy atom. The summed E-state index contributed by atoms with van der Waals surface area (Å²) in [4.78, 5) is 48.6. The second-order valence-corrected chi connectivity index (χ2v) is 11.7. The van der Waals surface area contributed by atoms with Gasteiger partial charge in [0.25, 0.3) is 5.79 Å². The molecule has 3 saturated heterocycles. The molecule has 0 aliphatic carbocycles. The van der Waals surface area contributed by atoms with Crippen LogP contribution in [0.4, 0.5) is 0 Å². The van der Waals surface area contributed by atoms with Crippen LogP contribution in [0.2, 0.25) is 0 Å². The van der Waals surface area contributed by atoms with Gasteiger partial charge in [-0.1, -0.05) is 0 Å². The number of amides is 1. The number of ether oxygens (including phenoxy) is 7. The minimum atomic E-state index is -3.10. The molecule has 0 saturated carbocycles. The second-order valence-electron chi connectivity index (χ2n) is 11.7. The summed E-state index contributed by atoms with van der Waals surface area (Å²) in [7, 11) is 0. The van der Waals surface area contributed by atoms with Crippen LogP contribution in [0.15, 0.2) is 0 Å². The third kappa shape index (κ3) is 9.36. The quantitative estimate of drug-likeness (QED) is 0.0788. The number of rotatable bonds is 13. The molecule has 49 heavy (non-hydrogen) atoms. The summed E-state index contributed by atoms with van der Waals surface area (Å²) in [5.41, 5.74) is 0. The van der Waals surface area contributed by atoms with Crippen LogP contribution < -0.4 is 5.32 Å². The van der Waals surface area contributed by atoms with Crippen molar-refractivity contribution in [1.82, 2.24) is 5.32 Å². The molecule has 16 atom stereocenters. The molecule has 0 bridgehead atoms. The predicted octanol–water partition coefficient (Wildman–Crippen LogP) is -7.08. The fourth-order valence-corrected chi connectivity index (χ4v) is 5.66. The van der Waals surface area contributed by atoms with E-state index in [0.717, 1.165) is 20.8 Å². The van der Waals surface area contributed by atoms with Crippen molar-refractivity contribution in [3.63, 3.8) is 0 Å². The molecule has 3 fully saturated rings. The standard InChI is InChI=1S/C27H43NO21/c1-8(31)28-15-12(44-10(3)33)4-27(26(41)42,48-22(15)16(35)11(34)5-29)49-23-17(36)14(7-43-9(2)32)46-25(20(23)39)47-21-13(6-30)45-24(40)19(38)18(21)37/h11-25,29-30,34-40H,4-7H2,1-3H3,(H,28,31)(H,41,42)/t11-,12+,13-,14-,15-,16-,17+,18-,19-,20-,21-,22-,23+,24-,25+,27+/m1/s1. The monoisotopic (exact) mass is 717 g/mol. The van der Waals surface area contributed by atoms with Gasteiger partial charge >= 0.3 is 17.9 Å². The van der Waals surface area contributed by atoms with E-state index in [1.165, 1.54) is 0 Å². The van der Waals surface area contributed by atoms with E-state index < -0.39 is 148 Å². The Bertz CT molecular complexity index is 1160. The number of aliphatic hydroxyl groups excluding tert-OH is 9. The normalized spacial score (nSPS) is 40.9. The molecule has 22 nitrogen and oxygen atoms in total. The van der Waals surface area contributed by atoms with Crippen LogP contribution in [0.3, 0.4) is 0 Å². The first-order valence-corrected chi connectivity index (χ1v) is 15.0. The molecule has 3 heterocycles. The molecule has 0 aromatic heterocycles. The van der Waals surface area contributed by atoms with Crippen molar-refractivity contribution in [3.8, 4) is 0 Å². The summed E-state index contributed by atoms with van der Waals surface area (Å²) < 4.78 is 37.7. The highest BCUT2D eigenvalue weighted by Gasteiger charge is 2.61. The molecule has 11 N–H and O–H groups in total. The summed E-state index contributed by atoms with van der Waals surface area (Å²) >= 11 is 0. The number of carboxylic acids is 1. The number of carbonyl (C=O) groups excluding carboxylic acids is 3. The van der Waals surface area contributed by atoms with Crippen LogP contribution in [-0.4, -0.2) is 192 Å². The lowest BCUT2D eigenvalue weighted by atomic mass is 9.87. The average Bonchev–Trinajstić information content (AvgIpc) is 3.03. The molecule has 22 heteroatoms. The Balaban J connectivity index is 2.07. The van der Waals surface area contributed by atoms with E-state index in [9.17, 15) is 70.2 Å². The SMILES string of the molecule is CC(=O)N[C@H]1[C@H]([C@H](O)[C@H](O)CO)O[C@@](O[C@H]2[C@@H](O)[C@@H](COC(C)=O)O[C@@H](O[C@H]3[C@H](O)[C@@H](O)[C@H](O)O[C@@H]3CO)[C@@H]2O)(C(=O)O)C[C@@H]1OC(C)=O. The highest BCUT2D eigenvalue weighted by Crippen LogP contribution is 2.39. The molecule has 0 unspecified atom stereocenters. The van der Waals surface area contributed by atoms with Gasteiger partial charge in [-0.15, -0.1) is 0 Å². The summed E-state index contributed by atoms with van der Waals surface area (Å²) in [6, 6.07) is -1.56. The van der Waals surface area contributed by atoms with E-state index in [4.69, 9.17) is 33.2 Å². The van der Waals surface area contributed by atoms with E-state index in [2.05, 4.69) is 5.32 Å². The lowest BCUT2D eigenvalue weighted by Crippen LogP contribution is -2.71. The molecule has 0 aromatic carbocycles. The summed E-state index contributed by atoms with van der Waals surface area (Å²) in [5, 5.41) is 106. The molecule has 0 spiro atoms. The largest absolute Gasteiger partial charge is 0.477 e. The van der Waals surface area contributed by atoms with Gasteiger partial charge in [0.15, 0.2) is 12.6 Å². The van der Waals surface area contributed by atoms with Gasteiger partial charge in [0, 0.05) is 20.8 Å². The Hall–Kier alpha value is -2.68. The molecule has 0 radical (unpaired) electrons. The van der Waals surface area contributed by atoms with Gasteiger partial charge in [-0.05, 0) is 0 Å². The number of hydrogen-bond donors (Lipinski definition) is 11. The van der Waals surface area contributed by atoms with Crippen molar-refractivity contribution < 1.29 is 103 Å². The second kappa shape index (κ2) is 17.0. The van der Waals surface area contributed by atoms with Crippen LogP contribution in [-0.2, 0) is 52.3 Å². The third-order valence-corrected chi connectivity index (χ3v) is 8.03. The Morgan fingerprint density at radius 1 is 0.878 bits per heavy atom. The van der Waals surface area contributed by atoms with Gasteiger partial charge in [-0.3, -0.25) is 14.4 Å². The minimum absolute atomic E-state index is 0.761. The molecule has 3 aliphatic heterocycles. The Labute approximate surface area is 277 Å². The zero-order valence-corrected chi connectivity index (χ0v) is 26.5. The molecular weight excluding hydrogens is 674 g/mol. The van der Waals surface area contributed by atoms with Gasteiger partial charge in [-0.2, -0.15) is 0 Å². The fraction of sp³-hybridized carbons (Fsp3) is 0.852. The van der Waals surface area contributed by atoms with Gasteiger partial charge in [-0.25, -0.2) is 4.79 Å². The molecule has 0 aromatic rings. The molecule has 1 amide bonds. The van der Waals surface area contributed by atoms with E-state index >= 15 is 0 Å². The lowest BCUT2D eigenvalue weighted by molar-refractivity contribution is -0.385. The summed E-state index contributed by atoms with van der Waals surface area (Å²) in [6.45, 7) is 0.216. The van der Waals surface area contributed by atoms with Gasteiger partial charge in [0.2, 0.25) is 5.91 Å². The van der Waals surface area contributed by atoms with Crippen LogP contribution in [0, 0.1) is 0 Å². The van der Waals surface area contributed by atoms with Gasteiger partial charge in [0.1, 0.15) is 79.9 Å². The maximum absolute atomic E-state index is 12.9. The van der Waals surface area contributed by atoms with E-state index in [1.807, 2.05) is 0 Å². The number of esters is 2. The number of nitrogens with one attached hydrogen (secondary N) is 1. The topological polar surface area (TPSA) is 347 Å². The molecular formula is C27H43NO21. The van der Waals surface area contributed by atoms with Crippen LogP contribution in [0.25, 0.3) is 0 Å². The molecule has 3 rings (SSSR count). The smallest absolute Gasteiger partial charge is 0.364 e. The van der Waals surface area contributed by atoms with Crippen LogP contribution in [0.5, 0.6) is 0 Å².